The van der Waals surface area contributed by atoms with E-state index in [9.17, 15) is 33.1 Å². The number of hydrogen-bond donors (Lipinski definition) is 2. The first-order valence-electron chi connectivity index (χ1n) is 9.33. The number of aromatic nitrogens is 1. The fourth-order valence-electron chi connectivity index (χ4n) is 3.04. The number of cyclic esters (lactones) is 1. The molecule has 2 fully saturated rings. The smallest absolute Gasteiger partial charge is 0.447 e. The van der Waals surface area contributed by atoms with Gasteiger partial charge in [0.15, 0.2) is 0 Å². The summed E-state index contributed by atoms with van der Waals surface area (Å²) in [6, 6.07) is 5.86. The molecule has 2 aliphatic rings. The highest BCUT2D eigenvalue weighted by Crippen LogP contribution is 2.72. The molecule has 3 heterocycles. The van der Waals surface area contributed by atoms with Crippen molar-refractivity contribution in [2.75, 3.05) is 13.2 Å². The van der Waals surface area contributed by atoms with Crippen LogP contribution in [0.25, 0.3) is 0 Å². The van der Waals surface area contributed by atoms with Crippen LogP contribution >= 0.6 is 15.6 Å². The minimum absolute atomic E-state index is 0.00408. The van der Waals surface area contributed by atoms with Crippen LogP contribution in [0.5, 0.6) is 5.75 Å². The number of nitrogens with zero attached hydrogens (tertiary/aromatic N) is 2. The first-order chi connectivity index (χ1) is 15.6. The Morgan fingerprint density at radius 2 is 2.21 bits per heavy atom. The number of pyridine rings is 1. The Kier molecular flexibility index (Phi) is 6.28. The van der Waals surface area contributed by atoms with Gasteiger partial charge in [0.25, 0.3) is 0 Å². The van der Waals surface area contributed by atoms with Crippen LogP contribution in [-0.2, 0) is 29.3 Å². The zero-order valence-corrected chi connectivity index (χ0v) is 18.4. The van der Waals surface area contributed by atoms with Gasteiger partial charge in [-0.2, -0.15) is 0 Å². The topological polar surface area (TPSA) is 162 Å². The minimum Gasteiger partial charge on any atom is -0.447 e. The molecule has 4 unspecified atom stereocenters. The molecule has 2 aromatic rings. The van der Waals surface area contributed by atoms with Gasteiger partial charge in [-0.1, -0.05) is 6.07 Å². The third kappa shape index (κ3) is 4.51. The molecule has 0 radical (unpaired) electrons. The molecular formula is C18H16FN2O10P2+. The Bertz CT molecular complexity index is 1170. The predicted molar refractivity (Wildman–Crippen MR) is 106 cm³/mol. The van der Waals surface area contributed by atoms with Crippen molar-refractivity contribution in [3.05, 3.63) is 59.7 Å². The quantitative estimate of drug-likeness (QED) is 0.592. The Labute approximate surface area is 186 Å². The number of halogens is 1. The van der Waals surface area contributed by atoms with Crippen LogP contribution in [0, 0.1) is 5.82 Å². The van der Waals surface area contributed by atoms with Crippen molar-refractivity contribution in [1.29, 1.82) is 0 Å². The Morgan fingerprint density at radius 3 is 2.82 bits per heavy atom. The maximum Gasteiger partial charge on any atom is 0.560 e. The van der Waals surface area contributed by atoms with Crippen LogP contribution in [-0.4, -0.2) is 50.3 Å². The Morgan fingerprint density at radius 1 is 1.42 bits per heavy atom. The highest BCUT2D eigenvalue weighted by atomic mass is 31.2. The summed E-state index contributed by atoms with van der Waals surface area (Å²) in [5.41, 5.74) is -0.140. The highest BCUT2D eigenvalue weighted by Gasteiger charge is 2.71. The molecule has 4 rings (SSSR count). The van der Waals surface area contributed by atoms with E-state index in [2.05, 4.69) is 9.72 Å². The SMILES string of the molecule is O=C1OCCN1C(=O)Oc1ccc(C2O[P+](=O)C(O)(Cc3cccnc3)P(=O)(O)O2)c(F)c1. The zero-order chi connectivity index (χ0) is 23.8. The van der Waals surface area contributed by atoms with E-state index < -0.39 is 57.0 Å². The van der Waals surface area contributed by atoms with Gasteiger partial charge in [0.2, 0.25) is 6.29 Å². The Hall–Kier alpha value is -2.79. The van der Waals surface area contributed by atoms with Crippen LogP contribution in [0.3, 0.4) is 0 Å². The molecule has 0 aliphatic carbocycles. The molecule has 1 aromatic carbocycles. The van der Waals surface area contributed by atoms with E-state index >= 15 is 0 Å². The van der Waals surface area contributed by atoms with Crippen molar-refractivity contribution in [3.63, 3.8) is 0 Å². The second-order valence-corrected chi connectivity index (χ2v) is 10.8. The van der Waals surface area contributed by atoms with Gasteiger partial charge in [-0.3, -0.25) is 14.1 Å². The first-order valence-corrected chi connectivity index (χ1v) is 12.1. The van der Waals surface area contributed by atoms with Crippen LogP contribution in [0.15, 0.2) is 42.7 Å². The number of aliphatic hydroxyl groups is 1. The summed E-state index contributed by atoms with van der Waals surface area (Å²) in [5.74, 6) is -1.38. The molecular weight excluding hydrogens is 485 g/mol. The lowest BCUT2D eigenvalue weighted by molar-refractivity contribution is -0.0407. The highest BCUT2D eigenvalue weighted by molar-refractivity contribution is 7.68. The van der Waals surface area contributed by atoms with Gasteiger partial charge in [0, 0.05) is 24.0 Å². The first kappa shape index (κ1) is 23.4. The lowest BCUT2D eigenvalue weighted by Crippen LogP contribution is -2.34. The summed E-state index contributed by atoms with van der Waals surface area (Å²) in [6.45, 7) is -0.0209. The molecule has 2 saturated heterocycles. The second-order valence-electron chi connectivity index (χ2n) is 6.95. The summed E-state index contributed by atoms with van der Waals surface area (Å²) in [5, 5.41) is 7.88. The van der Waals surface area contributed by atoms with Crippen LogP contribution in [0.1, 0.15) is 17.4 Å². The zero-order valence-electron chi connectivity index (χ0n) is 16.6. The molecule has 0 bridgehead atoms. The average Bonchev–Trinajstić information content (AvgIpc) is 3.19. The van der Waals surface area contributed by atoms with Crippen molar-refractivity contribution in [2.24, 2.45) is 0 Å². The van der Waals surface area contributed by atoms with Crippen LogP contribution in [0.2, 0.25) is 0 Å². The van der Waals surface area contributed by atoms with Gasteiger partial charge in [-0.15, -0.1) is 4.52 Å². The maximum atomic E-state index is 14.7. The van der Waals surface area contributed by atoms with E-state index in [-0.39, 0.29) is 18.9 Å². The molecule has 2 amide bonds. The van der Waals surface area contributed by atoms with E-state index in [1.54, 1.807) is 0 Å². The van der Waals surface area contributed by atoms with E-state index in [4.69, 9.17) is 13.8 Å². The lowest BCUT2D eigenvalue weighted by Gasteiger charge is -2.29. The number of carbonyl (C=O) groups excluding carboxylic acids is 2. The summed E-state index contributed by atoms with van der Waals surface area (Å²) in [7, 11) is -8.25. The minimum atomic E-state index is -5.02. The largest absolute Gasteiger partial charge is 0.560 e. The summed E-state index contributed by atoms with van der Waals surface area (Å²) in [6.07, 6.45) is -1.70. The molecule has 0 spiro atoms. The van der Waals surface area contributed by atoms with Gasteiger partial charge in [-0.05, 0) is 28.3 Å². The van der Waals surface area contributed by atoms with E-state index in [0.29, 0.717) is 10.5 Å². The Balaban J connectivity index is 1.51. The fraction of sp³-hybridized carbons (Fsp3) is 0.278. The standard InChI is InChI=1S/C18H15FN2O10P2/c19-14-8-12(29-17(23)21-6-7-28-16(21)22)3-4-13(14)15-30-32(25)18(24,33(26,27)31-15)9-11-2-1-5-20-10-11/h1-5,8,10,15,24H,6-7,9H2/p+1. The third-order valence-electron chi connectivity index (χ3n) is 4.75. The van der Waals surface area contributed by atoms with Crippen LogP contribution < -0.4 is 4.74 Å². The maximum absolute atomic E-state index is 14.7. The number of hydrogen-bond acceptors (Lipinski definition) is 10. The van der Waals surface area contributed by atoms with Crippen molar-refractivity contribution in [1.82, 2.24) is 9.88 Å². The number of carbonyl (C=O) groups is 2. The molecule has 174 valence electrons. The van der Waals surface area contributed by atoms with E-state index in [1.807, 2.05) is 0 Å². The van der Waals surface area contributed by atoms with E-state index in [1.165, 1.54) is 24.5 Å². The summed E-state index contributed by atoms with van der Waals surface area (Å²) in [4.78, 5) is 38.2. The van der Waals surface area contributed by atoms with Gasteiger partial charge < -0.3 is 19.5 Å². The molecule has 12 nitrogen and oxygen atoms in total. The summed E-state index contributed by atoms with van der Waals surface area (Å²) >= 11 is 0. The number of amides is 2. The van der Waals surface area contributed by atoms with Gasteiger partial charge in [0.05, 0.1) is 13.0 Å². The second kappa shape index (κ2) is 8.86. The fourth-order valence-corrected chi connectivity index (χ4v) is 5.99. The van der Waals surface area contributed by atoms with Crippen molar-refractivity contribution < 1.29 is 51.6 Å². The molecule has 0 saturated carbocycles. The van der Waals surface area contributed by atoms with Gasteiger partial charge in [0.1, 0.15) is 18.2 Å². The number of benzene rings is 1. The molecule has 2 aliphatic heterocycles. The van der Waals surface area contributed by atoms with Crippen molar-refractivity contribution in [2.45, 2.75) is 17.8 Å². The van der Waals surface area contributed by atoms with Gasteiger partial charge >= 0.3 is 32.9 Å². The van der Waals surface area contributed by atoms with E-state index in [0.717, 1.165) is 18.2 Å². The average molecular weight is 501 g/mol. The monoisotopic (exact) mass is 501 g/mol. The molecule has 15 heteroatoms. The third-order valence-corrected chi connectivity index (χ3v) is 8.67. The molecule has 33 heavy (non-hydrogen) atoms. The van der Waals surface area contributed by atoms with Crippen molar-refractivity contribution >= 4 is 27.8 Å². The number of rotatable bonds is 4. The number of imide groups is 1. The predicted octanol–water partition coefficient (Wildman–Crippen LogP) is 3.03. The molecule has 2 N–H and O–H groups in total. The molecule has 1 aromatic heterocycles. The van der Waals surface area contributed by atoms with Crippen LogP contribution in [0.4, 0.5) is 14.0 Å². The summed E-state index contributed by atoms with van der Waals surface area (Å²) < 4.78 is 59.5. The van der Waals surface area contributed by atoms with Gasteiger partial charge in [-0.25, -0.2) is 18.9 Å². The number of ether oxygens (including phenoxy) is 2. The van der Waals surface area contributed by atoms with Crippen molar-refractivity contribution in [3.8, 4) is 5.75 Å². The normalized spacial score (nSPS) is 28.5. The lowest BCUT2D eigenvalue weighted by atomic mass is 10.2. The molecule has 4 atom stereocenters.